The summed E-state index contributed by atoms with van der Waals surface area (Å²) < 4.78 is 11.2. The summed E-state index contributed by atoms with van der Waals surface area (Å²) in [6, 6.07) is 13.8. The van der Waals surface area contributed by atoms with E-state index in [1.165, 1.54) is 54.5 Å². The summed E-state index contributed by atoms with van der Waals surface area (Å²) in [5, 5.41) is 0. The third-order valence-corrected chi connectivity index (χ3v) is 7.02. The van der Waals surface area contributed by atoms with E-state index in [1.807, 2.05) is 0 Å². The van der Waals surface area contributed by atoms with Crippen LogP contribution in [0, 0.1) is 0 Å². The average Bonchev–Trinajstić information content (AvgIpc) is 3.67. The highest BCUT2D eigenvalue weighted by atomic mass is 16.6. The average molecular weight is 376 g/mol. The second kappa shape index (κ2) is 6.89. The molecule has 2 aromatic carbocycles. The summed E-state index contributed by atoms with van der Waals surface area (Å²) >= 11 is 0. The molecular formula is C25H29NO2. The molecule has 0 bridgehead atoms. The molecule has 2 atom stereocenters. The molecule has 2 aromatic rings. The number of rotatable bonds is 6. The van der Waals surface area contributed by atoms with Gasteiger partial charge in [0.15, 0.2) is 0 Å². The standard InChI is InChI=1S/C25H29NO2/c1-2-6-17(7-3-1)25-23-12-18-8-4-5-9-21(18)22(23)10-11-24(25)26(13-19-15-27-19)14-20-16-28-20/h4-5,8-11,17,19-20H,1-3,6-7,12-16H2. The van der Waals surface area contributed by atoms with E-state index in [9.17, 15) is 0 Å². The first-order valence-corrected chi connectivity index (χ1v) is 11.1. The lowest BCUT2D eigenvalue weighted by atomic mass is 9.80. The Balaban J connectivity index is 1.45. The number of hydrogen-bond donors (Lipinski definition) is 0. The fourth-order valence-corrected chi connectivity index (χ4v) is 5.46. The number of anilines is 1. The quantitative estimate of drug-likeness (QED) is 0.573. The summed E-state index contributed by atoms with van der Waals surface area (Å²) in [6.45, 7) is 3.84. The Labute approximate surface area is 167 Å². The first kappa shape index (κ1) is 17.1. The van der Waals surface area contributed by atoms with Gasteiger partial charge in [-0.2, -0.15) is 0 Å². The topological polar surface area (TPSA) is 28.3 Å². The fraction of sp³-hybridized carbons (Fsp3) is 0.520. The van der Waals surface area contributed by atoms with Crippen molar-refractivity contribution in [2.45, 2.75) is 56.7 Å². The minimum atomic E-state index is 0.406. The number of benzene rings is 2. The first-order valence-electron chi connectivity index (χ1n) is 11.1. The van der Waals surface area contributed by atoms with Crippen LogP contribution in [0.3, 0.4) is 0 Å². The maximum Gasteiger partial charge on any atom is 0.0984 e. The van der Waals surface area contributed by atoms with Gasteiger partial charge in [-0.15, -0.1) is 0 Å². The number of epoxide rings is 2. The van der Waals surface area contributed by atoms with Gasteiger partial charge in [0.25, 0.3) is 0 Å². The van der Waals surface area contributed by atoms with Gasteiger partial charge < -0.3 is 14.4 Å². The van der Waals surface area contributed by atoms with Crippen LogP contribution in [0.5, 0.6) is 0 Å². The van der Waals surface area contributed by atoms with E-state index in [0.717, 1.165) is 32.7 Å². The zero-order valence-corrected chi connectivity index (χ0v) is 16.5. The SMILES string of the molecule is c1ccc2c(c1)Cc1c-2ccc(N(CC2CO2)CC2CO2)c1C1CCCCC1. The Hall–Kier alpha value is -1.84. The molecule has 2 aliphatic carbocycles. The molecule has 4 aliphatic rings. The van der Waals surface area contributed by atoms with Gasteiger partial charge in [0.05, 0.1) is 25.4 Å². The van der Waals surface area contributed by atoms with Gasteiger partial charge >= 0.3 is 0 Å². The van der Waals surface area contributed by atoms with Crippen LogP contribution < -0.4 is 4.90 Å². The molecule has 1 saturated carbocycles. The molecule has 2 heterocycles. The van der Waals surface area contributed by atoms with Crippen molar-refractivity contribution in [1.29, 1.82) is 0 Å². The van der Waals surface area contributed by atoms with Crippen molar-refractivity contribution in [1.82, 2.24) is 0 Å². The molecule has 3 nitrogen and oxygen atoms in total. The first-order chi connectivity index (χ1) is 13.9. The molecule has 3 fully saturated rings. The number of ether oxygens (including phenoxy) is 2. The summed E-state index contributed by atoms with van der Waals surface area (Å²) in [4.78, 5) is 2.59. The zero-order chi connectivity index (χ0) is 18.5. The van der Waals surface area contributed by atoms with Crippen LogP contribution in [0.2, 0.25) is 0 Å². The summed E-state index contributed by atoms with van der Waals surface area (Å²) in [5.41, 5.74) is 9.13. The lowest BCUT2D eigenvalue weighted by Crippen LogP contribution is -2.33. The molecule has 0 aromatic heterocycles. The molecule has 0 radical (unpaired) electrons. The van der Waals surface area contributed by atoms with Gasteiger partial charge in [-0.25, -0.2) is 0 Å². The monoisotopic (exact) mass is 375 g/mol. The van der Waals surface area contributed by atoms with Crippen molar-refractivity contribution in [2.24, 2.45) is 0 Å². The Morgan fingerprint density at radius 3 is 2.25 bits per heavy atom. The summed E-state index contributed by atoms with van der Waals surface area (Å²) in [5.74, 6) is 0.704. The highest BCUT2D eigenvalue weighted by Crippen LogP contribution is 2.47. The van der Waals surface area contributed by atoms with Gasteiger partial charge in [-0.05, 0) is 59.1 Å². The molecule has 2 saturated heterocycles. The molecule has 0 N–H and O–H groups in total. The van der Waals surface area contributed by atoms with Crippen molar-refractivity contribution < 1.29 is 9.47 Å². The second-order valence-electron chi connectivity index (χ2n) is 9.01. The highest BCUT2D eigenvalue weighted by Gasteiger charge is 2.35. The van der Waals surface area contributed by atoms with Crippen LogP contribution >= 0.6 is 0 Å². The van der Waals surface area contributed by atoms with Crippen molar-refractivity contribution in [3.8, 4) is 11.1 Å². The number of nitrogens with zero attached hydrogens (tertiary/aromatic N) is 1. The smallest absolute Gasteiger partial charge is 0.0984 e. The van der Waals surface area contributed by atoms with E-state index >= 15 is 0 Å². The van der Waals surface area contributed by atoms with E-state index in [1.54, 1.807) is 11.1 Å². The Kier molecular flexibility index (Phi) is 4.20. The van der Waals surface area contributed by atoms with Crippen molar-refractivity contribution in [3.05, 3.63) is 53.1 Å². The van der Waals surface area contributed by atoms with Gasteiger partial charge in [-0.3, -0.25) is 0 Å². The van der Waals surface area contributed by atoms with Crippen LogP contribution in [0.15, 0.2) is 36.4 Å². The molecular weight excluding hydrogens is 346 g/mol. The summed E-state index contributed by atoms with van der Waals surface area (Å²) in [7, 11) is 0. The lowest BCUT2D eigenvalue weighted by Gasteiger charge is -2.32. The molecule has 28 heavy (non-hydrogen) atoms. The summed E-state index contributed by atoms with van der Waals surface area (Å²) in [6.07, 6.45) is 8.74. The lowest BCUT2D eigenvalue weighted by molar-refractivity contribution is 0.388. The third-order valence-electron chi connectivity index (χ3n) is 7.02. The van der Waals surface area contributed by atoms with Gasteiger partial charge in [-0.1, -0.05) is 49.6 Å². The Morgan fingerprint density at radius 2 is 1.54 bits per heavy atom. The Morgan fingerprint density at radius 1 is 0.821 bits per heavy atom. The molecule has 2 unspecified atom stereocenters. The predicted octanol–water partition coefficient (Wildman–Crippen LogP) is 4.91. The van der Waals surface area contributed by atoms with Gasteiger partial charge in [0.2, 0.25) is 0 Å². The van der Waals surface area contributed by atoms with Crippen molar-refractivity contribution in [2.75, 3.05) is 31.2 Å². The molecule has 146 valence electrons. The minimum absolute atomic E-state index is 0.406. The van der Waals surface area contributed by atoms with Crippen molar-refractivity contribution in [3.63, 3.8) is 0 Å². The van der Waals surface area contributed by atoms with E-state index in [-0.39, 0.29) is 0 Å². The normalized spacial score (nSPS) is 25.3. The second-order valence-corrected chi connectivity index (χ2v) is 9.01. The number of fused-ring (bicyclic) bond motifs is 3. The van der Waals surface area contributed by atoms with E-state index in [4.69, 9.17) is 9.47 Å². The maximum absolute atomic E-state index is 5.61. The maximum atomic E-state index is 5.61. The van der Waals surface area contributed by atoms with Crippen LogP contribution in [0.25, 0.3) is 11.1 Å². The van der Waals surface area contributed by atoms with Crippen LogP contribution in [-0.2, 0) is 15.9 Å². The largest absolute Gasteiger partial charge is 0.371 e. The number of hydrogen-bond acceptors (Lipinski definition) is 3. The Bertz CT molecular complexity index is 864. The molecule has 3 heteroatoms. The zero-order valence-electron chi connectivity index (χ0n) is 16.5. The third kappa shape index (κ3) is 3.15. The van der Waals surface area contributed by atoms with E-state index in [0.29, 0.717) is 18.1 Å². The van der Waals surface area contributed by atoms with Gasteiger partial charge in [0.1, 0.15) is 0 Å². The molecule has 6 rings (SSSR count). The fourth-order valence-electron chi connectivity index (χ4n) is 5.46. The van der Waals surface area contributed by atoms with E-state index < -0.39 is 0 Å². The van der Waals surface area contributed by atoms with Crippen molar-refractivity contribution >= 4 is 5.69 Å². The molecule has 0 spiro atoms. The highest BCUT2D eigenvalue weighted by molar-refractivity contribution is 5.81. The van der Waals surface area contributed by atoms with Crippen LogP contribution in [-0.4, -0.2) is 38.5 Å². The van der Waals surface area contributed by atoms with Crippen LogP contribution in [0.1, 0.15) is 54.7 Å². The molecule has 2 aliphatic heterocycles. The van der Waals surface area contributed by atoms with Crippen LogP contribution in [0.4, 0.5) is 5.69 Å². The predicted molar refractivity (Wildman–Crippen MR) is 112 cm³/mol. The minimum Gasteiger partial charge on any atom is -0.371 e. The van der Waals surface area contributed by atoms with E-state index in [2.05, 4.69) is 41.3 Å². The van der Waals surface area contributed by atoms with Gasteiger partial charge in [0, 0.05) is 18.8 Å². The molecule has 0 amide bonds.